The normalized spacial score (nSPS) is 28.5. The summed E-state index contributed by atoms with van der Waals surface area (Å²) in [4.78, 5) is 4.01. The van der Waals surface area contributed by atoms with Crippen LogP contribution in [0.15, 0.2) is 18.5 Å². The first kappa shape index (κ1) is 6.80. The second-order valence-corrected chi connectivity index (χ2v) is 3.20. The van der Waals surface area contributed by atoms with Gasteiger partial charge in [0.25, 0.3) is 0 Å². The van der Waals surface area contributed by atoms with E-state index in [4.69, 9.17) is 0 Å². The van der Waals surface area contributed by atoms with Crippen LogP contribution in [-0.2, 0) is 6.42 Å². The Labute approximate surface area is 65.9 Å². The standard InChI is InChI=1S/C9H11NO/c1-6-4-7-5-10-3-2-8(7)9(6)11/h2-3,5-6,9,11H,4H2,1H3. The third-order valence-corrected chi connectivity index (χ3v) is 2.34. The lowest BCUT2D eigenvalue weighted by Crippen LogP contribution is -2.00. The van der Waals surface area contributed by atoms with Gasteiger partial charge in [-0.2, -0.15) is 0 Å². The monoisotopic (exact) mass is 149 g/mol. The van der Waals surface area contributed by atoms with Gasteiger partial charge in [0.05, 0.1) is 6.10 Å². The molecule has 2 atom stereocenters. The molecule has 2 heteroatoms. The molecule has 1 aliphatic rings. The van der Waals surface area contributed by atoms with Crippen LogP contribution >= 0.6 is 0 Å². The quantitative estimate of drug-likeness (QED) is 0.603. The van der Waals surface area contributed by atoms with Crippen molar-refractivity contribution >= 4 is 0 Å². The van der Waals surface area contributed by atoms with Gasteiger partial charge in [-0.25, -0.2) is 0 Å². The van der Waals surface area contributed by atoms with Gasteiger partial charge in [-0.3, -0.25) is 4.98 Å². The summed E-state index contributed by atoms with van der Waals surface area (Å²) < 4.78 is 0. The molecule has 1 heterocycles. The zero-order valence-corrected chi connectivity index (χ0v) is 6.49. The maximum absolute atomic E-state index is 9.62. The van der Waals surface area contributed by atoms with E-state index >= 15 is 0 Å². The number of aromatic nitrogens is 1. The number of aliphatic hydroxyl groups excluding tert-OH is 1. The summed E-state index contributed by atoms with van der Waals surface area (Å²) in [5, 5.41) is 9.62. The molecule has 11 heavy (non-hydrogen) atoms. The van der Waals surface area contributed by atoms with Crippen LogP contribution in [0.3, 0.4) is 0 Å². The number of fused-ring (bicyclic) bond motifs is 1. The van der Waals surface area contributed by atoms with Crippen molar-refractivity contribution in [1.82, 2.24) is 4.98 Å². The lowest BCUT2D eigenvalue weighted by atomic mass is 10.1. The van der Waals surface area contributed by atoms with Crippen LogP contribution in [0.4, 0.5) is 0 Å². The highest BCUT2D eigenvalue weighted by atomic mass is 16.3. The fraction of sp³-hybridized carbons (Fsp3) is 0.444. The van der Waals surface area contributed by atoms with Gasteiger partial charge in [-0.15, -0.1) is 0 Å². The second-order valence-electron chi connectivity index (χ2n) is 3.20. The van der Waals surface area contributed by atoms with Gasteiger partial charge in [0.1, 0.15) is 0 Å². The molecule has 2 rings (SSSR count). The van der Waals surface area contributed by atoms with Crippen molar-refractivity contribution in [2.75, 3.05) is 0 Å². The van der Waals surface area contributed by atoms with E-state index in [9.17, 15) is 5.11 Å². The van der Waals surface area contributed by atoms with Crippen molar-refractivity contribution < 1.29 is 5.11 Å². The topological polar surface area (TPSA) is 33.1 Å². The lowest BCUT2D eigenvalue weighted by molar-refractivity contribution is 0.133. The molecule has 0 radical (unpaired) electrons. The molecule has 1 aromatic rings. The Balaban J connectivity index is 2.47. The van der Waals surface area contributed by atoms with Crippen molar-refractivity contribution in [2.45, 2.75) is 19.4 Å². The van der Waals surface area contributed by atoms with Crippen LogP contribution in [0.5, 0.6) is 0 Å². The molecule has 0 amide bonds. The molecule has 0 aliphatic heterocycles. The van der Waals surface area contributed by atoms with Crippen LogP contribution in [0.1, 0.15) is 24.2 Å². The minimum Gasteiger partial charge on any atom is -0.388 e. The second kappa shape index (κ2) is 2.31. The van der Waals surface area contributed by atoms with Gasteiger partial charge in [-0.1, -0.05) is 6.92 Å². The Kier molecular flexibility index (Phi) is 1.43. The first-order chi connectivity index (χ1) is 5.29. The molecular formula is C9H11NO. The summed E-state index contributed by atoms with van der Waals surface area (Å²) >= 11 is 0. The molecular weight excluding hydrogens is 138 g/mol. The van der Waals surface area contributed by atoms with Crippen molar-refractivity contribution in [3.8, 4) is 0 Å². The SMILES string of the molecule is CC1Cc2cnccc2C1O. The third kappa shape index (κ3) is 0.942. The van der Waals surface area contributed by atoms with Gasteiger partial charge in [0.2, 0.25) is 0 Å². The molecule has 0 saturated carbocycles. The number of aliphatic hydroxyl groups is 1. The van der Waals surface area contributed by atoms with Crippen molar-refractivity contribution in [1.29, 1.82) is 0 Å². The summed E-state index contributed by atoms with van der Waals surface area (Å²) in [6, 6.07) is 1.91. The molecule has 0 saturated heterocycles. The molecule has 0 spiro atoms. The van der Waals surface area contributed by atoms with Crippen molar-refractivity contribution in [2.24, 2.45) is 5.92 Å². The third-order valence-electron chi connectivity index (χ3n) is 2.34. The summed E-state index contributed by atoms with van der Waals surface area (Å²) in [5.74, 6) is 0.356. The molecule has 0 bridgehead atoms. The van der Waals surface area contributed by atoms with E-state index in [1.54, 1.807) is 6.20 Å². The van der Waals surface area contributed by atoms with Gasteiger partial charge in [0.15, 0.2) is 0 Å². The van der Waals surface area contributed by atoms with E-state index < -0.39 is 0 Å². The Morgan fingerprint density at radius 3 is 3.18 bits per heavy atom. The van der Waals surface area contributed by atoms with E-state index in [1.807, 2.05) is 12.3 Å². The average Bonchev–Trinajstić information content (AvgIpc) is 2.30. The molecule has 58 valence electrons. The Morgan fingerprint density at radius 2 is 2.45 bits per heavy atom. The number of hydrogen-bond acceptors (Lipinski definition) is 2. The van der Waals surface area contributed by atoms with Crippen LogP contribution in [0.25, 0.3) is 0 Å². The minimum absolute atomic E-state index is 0.270. The molecule has 0 aromatic carbocycles. The fourth-order valence-corrected chi connectivity index (χ4v) is 1.66. The highest BCUT2D eigenvalue weighted by Gasteiger charge is 2.26. The fourth-order valence-electron chi connectivity index (χ4n) is 1.66. The summed E-state index contributed by atoms with van der Waals surface area (Å²) in [6.07, 6.45) is 4.28. The van der Waals surface area contributed by atoms with Gasteiger partial charge >= 0.3 is 0 Å². The smallest absolute Gasteiger partial charge is 0.0822 e. The number of rotatable bonds is 0. The van der Waals surface area contributed by atoms with Crippen LogP contribution in [-0.4, -0.2) is 10.1 Å². The Hall–Kier alpha value is -0.890. The van der Waals surface area contributed by atoms with Crippen LogP contribution < -0.4 is 0 Å². The van der Waals surface area contributed by atoms with Crippen molar-refractivity contribution in [3.05, 3.63) is 29.6 Å². The lowest BCUT2D eigenvalue weighted by Gasteiger charge is -2.07. The van der Waals surface area contributed by atoms with E-state index in [0.717, 1.165) is 12.0 Å². The Morgan fingerprint density at radius 1 is 1.64 bits per heavy atom. The molecule has 2 nitrogen and oxygen atoms in total. The average molecular weight is 149 g/mol. The van der Waals surface area contributed by atoms with Crippen molar-refractivity contribution in [3.63, 3.8) is 0 Å². The number of pyridine rings is 1. The number of hydrogen-bond donors (Lipinski definition) is 1. The van der Waals surface area contributed by atoms with Gasteiger partial charge in [-0.05, 0) is 29.5 Å². The maximum atomic E-state index is 9.62. The first-order valence-electron chi connectivity index (χ1n) is 3.90. The largest absolute Gasteiger partial charge is 0.388 e. The first-order valence-corrected chi connectivity index (χ1v) is 3.90. The summed E-state index contributed by atoms with van der Waals surface area (Å²) in [7, 11) is 0. The molecule has 1 aliphatic carbocycles. The molecule has 2 unspecified atom stereocenters. The highest BCUT2D eigenvalue weighted by Crippen LogP contribution is 2.34. The minimum atomic E-state index is -0.270. The highest BCUT2D eigenvalue weighted by molar-refractivity contribution is 5.31. The Bertz CT molecular complexity index is 272. The zero-order chi connectivity index (χ0) is 7.84. The van der Waals surface area contributed by atoms with E-state index in [2.05, 4.69) is 11.9 Å². The van der Waals surface area contributed by atoms with Crippen LogP contribution in [0, 0.1) is 5.92 Å². The van der Waals surface area contributed by atoms with E-state index in [-0.39, 0.29) is 6.10 Å². The predicted octanol–water partition coefficient (Wildman–Crippen LogP) is 1.31. The maximum Gasteiger partial charge on any atom is 0.0822 e. The molecule has 1 aromatic heterocycles. The number of nitrogens with zero attached hydrogens (tertiary/aromatic N) is 1. The molecule has 0 fully saturated rings. The van der Waals surface area contributed by atoms with Gasteiger partial charge in [0, 0.05) is 12.4 Å². The van der Waals surface area contributed by atoms with Crippen LogP contribution in [0.2, 0.25) is 0 Å². The predicted molar refractivity (Wildman–Crippen MR) is 42.1 cm³/mol. The summed E-state index contributed by atoms with van der Waals surface area (Å²) in [5.41, 5.74) is 2.26. The zero-order valence-electron chi connectivity index (χ0n) is 6.49. The van der Waals surface area contributed by atoms with E-state index in [1.165, 1.54) is 5.56 Å². The molecule has 1 N–H and O–H groups in total. The van der Waals surface area contributed by atoms with E-state index in [0.29, 0.717) is 5.92 Å². The summed E-state index contributed by atoms with van der Waals surface area (Å²) in [6.45, 7) is 2.06. The van der Waals surface area contributed by atoms with Gasteiger partial charge < -0.3 is 5.11 Å².